The van der Waals surface area contributed by atoms with Crippen molar-refractivity contribution in [3.8, 4) is 5.75 Å². The van der Waals surface area contributed by atoms with Gasteiger partial charge in [0, 0.05) is 12.5 Å². The van der Waals surface area contributed by atoms with Crippen LogP contribution in [-0.2, 0) is 5.41 Å². The number of fused-ring (bicyclic) bond motifs is 3. The number of benzene rings is 1. The second-order valence-corrected chi connectivity index (χ2v) is 8.18. The molecule has 3 rings (SSSR count). The monoisotopic (exact) mass is 300 g/mol. The molecule has 0 aromatic heterocycles. The first-order chi connectivity index (χ1) is 10.3. The zero-order chi connectivity index (χ0) is 16.1. The van der Waals surface area contributed by atoms with Gasteiger partial charge in [-0.1, -0.05) is 46.3 Å². The third-order valence-corrected chi connectivity index (χ3v) is 6.13. The summed E-state index contributed by atoms with van der Waals surface area (Å²) in [7, 11) is 0. The van der Waals surface area contributed by atoms with Crippen LogP contribution < -0.4 is 0 Å². The fraction of sp³-hybridized carbons (Fsp3) is 0.600. The molecule has 2 heteroatoms. The van der Waals surface area contributed by atoms with Crippen LogP contribution in [0.25, 0.3) is 6.08 Å². The zero-order valence-corrected chi connectivity index (χ0v) is 14.2. The number of phenols is 1. The fourth-order valence-electron chi connectivity index (χ4n) is 4.81. The molecule has 22 heavy (non-hydrogen) atoms. The third-order valence-electron chi connectivity index (χ3n) is 6.13. The molecule has 0 heterocycles. The van der Waals surface area contributed by atoms with Crippen molar-refractivity contribution in [1.29, 1.82) is 0 Å². The molecule has 0 saturated heterocycles. The van der Waals surface area contributed by atoms with E-state index in [1.807, 2.05) is 13.0 Å². The van der Waals surface area contributed by atoms with Gasteiger partial charge in [-0.2, -0.15) is 0 Å². The molecule has 0 radical (unpaired) electrons. The molecule has 1 aromatic rings. The molecular weight excluding hydrogens is 272 g/mol. The topological polar surface area (TPSA) is 40.5 Å². The van der Waals surface area contributed by atoms with E-state index in [4.69, 9.17) is 0 Å². The number of rotatable bonds is 2. The van der Waals surface area contributed by atoms with Crippen LogP contribution in [0, 0.1) is 11.3 Å². The molecule has 3 unspecified atom stereocenters. The molecule has 1 fully saturated rings. The summed E-state index contributed by atoms with van der Waals surface area (Å²) in [5.74, 6) is 0.813. The summed E-state index contributed by atoms with van der Waals surface area (Å²) >= 11 is 0. The molecular formula is C20H28O2. The maximum absolute atomic E-state index is 10.5. The molecule has 0 bridgehead atoms. The van der Waals surface area contributed by atoms with E-state index >= 15 is 0 Å². The van der Waals surface area contributed by atoms with Gasteiger partial charge in [0.15, 0.2) is 0 Å². The van der Waals surface area contributed by atoms with Gasteiger partial charge in [0.1, 0.15) is 5.75 Å². The lowest BCUT2D eigenvalue weighted by molar-refractivity contribution is 0.0908. The van der Waals surface area contributed by atoms with E-state index in [2.05, 4.69) is 39.0 Å². The van der Waals surface area contributed by atoms with E-state index in [-0.39, 0.29) is 17.9 Å². The molecule has 3 atom stereocenters. The van der Waals surface area contributed by atoms with Crippen LogP contribution in [0.3, 0.4) is 0 Å². The van der Waals surface area contributed by atoms with Crippen LogP contribution in [0.2, 0.25) is 0 Å². The second-order valence-electron chi connectivity index (χ2n) is 8.18. The quantitative estimate of drug-likeness (QED) is 0.838. The Morgan fingerprint density at radius 3 is 2.64 bits per heavy atom. The first-order valence-corrected chi connectivity index (χ1v) is 8.46. The Bertz CT molecular complexity index is 614. The number of phenolic OH excluding ortho intramolecular Hbond substituents is 1. The number of aliphatic hydroxyl groups is 1. The Hall–Kier alpha value is -1.28. The van der Waals surface area contributed by atoms with Gasteiger partial charge in [0.05, 0.1) is 0 Å². The van der Waals surface area contributed by atoms with E-state index in [0.29, 0.717) is 17.1 Å². The Morgan fingerprint density at radius 2 is 1.95 bits per heavy atom. The predicted molar refractivity (Wildman–Crippen MR) is 91.1 cm³/mol. The molecule has 120 valence electrons. The minimum atomic E-state index is -0.0352. The van der Waals surface area contributed by atoms with Gasteiger partial charge in [0.2, 0.25) is 0 Å². The first-order valence-electron chi connectivity index (χ1n) is 8.46. The Balaban J connectivity index is 2.13. The van der Waals surface area contributed by atoms with Crippen LogP contribution in [0.4, 0.5) is 0 Å². The minimum absolute atomic E-state index is 0.0352. The highest BCUT2D eigenvalue weighted by molar-refractivity contribution is 5.64. The SMILES string of the molecule is CC(CO)c1cc2c(cc1O)C1(C)CCCC(C)(C)C1C=C2. The van der Waals surface area contributed by atoms with Crippen molar-refractivity contribution in [2.45, 2.75) is 58.3 Å². The van der Waals surface area contributed by atoms with E-state index in [1.54, 1.807) is 0 Å². The summed E-state index contributed by atoms with van der Waals surface area (Å²) in [4.78, 5) is 0. The molecule has 0 aliphatic heterocycles. The Morgan fingerprint density at radius 1 is 1.23 bits per heavy atom. The smallest absolute Gasteiger partial charge is 0.119 e. The van der Waals surface area contributed by atoms with Crippen molar-refractivity contribution < 1.29 is 10.2 Å². The van der Waals surface area contributed by atoms with Gasteiger partial charge in [-0.05, 0) is 58.4 Å². The van der Waals surface area contributed by atoms with Crippen molar-refractivity contribution in [3.05, 3.63) is 34.9 Å². The summed E-state index contributed by atoms with van der Waals surface area (Å²) in [6, 6.07) is 4.04. The molecule has 0 amide bonds. The van der Waals surface area contributed by atoms with Crippen molar-refractivity contribution >= 4 is 6.08 Å². The molecule has 2 aliphatic carbocycles. The number of hydrogen-bond donors (Lipinski definition) is 2. The predicted octanol–water partition coefficient (Wildman–Crippen LogP) is 4.60. The fourth-order valence-corrected chi connectivity index (χ4v) is 4.81. The summed E-state index contributed by atoms with van der Waals surface area (Å²) in [5, 5.41) is 19.9. The molecule has 2 N–H and O–H groups in total. The number of allylic oxidation sites excluding steroid dienone is 1. The highest BCUT2D eigenvalue weighted by Gasteiger charge is 2.48. The standard InChI is InChI=1S/C20H28O2/c1-13(12-21)15-10-14-6-7-18-19(2,3)8-5-9-20(18,4)16(14)11-17(15)22/h6-7,10-11,13,18,21-22H,5,8-9,12H2,1-4H3. The van der Waals surface area contributed by atoms with Crippen LogP contribution in [0.15, 0.2) is 18.2 Å². The van der Waals surface area contributed by atoms with Gasteiger partial charge < -0.3 is 10.2 Å². The summed E-state index contributed by atoms with van der Waals surface area (Å²) in [5.41, 5.74) is 3.74. The van der Waals surface area contributed by atoms with Crippen LogP contribution in [0.5, 0.6) is 5.75 Å². The van der Waals surface area contributed by atoms with E-state index in [9.17, 15) is 10.2 Å². The maximum Gasteiger partial charge on any atom is 0.119 e. The van der Waals surface area contributed by atoms with Gasteiger partial charge in [-0.15, -0.1) is 0 Å². The molecule has 1 saturated carbocycles. The van der Waals surface area contributed by atoms with Crippen molar-refractivity contribution in [1.82, 2.24) is 0 Å². The lowest BCUT2D eigenvalue weighted by Crippen LogP contribution is -2.45. The summed E-state index contributed by atoms with van der Waals surface area (Å²) in [6.45, 7) is 9.10. The highest BCUT2D eigenvalue weighted by Crippen LogP contribution is 2.56. The number of aliphatic hydroxyl groups excluding tert-OH is 1. The van der Waals surface area contributed by atoms with E-state index < -0.39 is 0 Å². The van der Waals surface area contributed by atoms with Crippen LogP contribution in [-0.4, -0.2) is 16.8 Å². The van der Waals surface area contributed by atoms with E-state index in [0.717, 1.165) is 5.56 Å². The Kier molecular flexibility index (Phi) is 3.64. The van der Waals surface area contributed by atoms with Crippen LogP contribution >= 0.6 is 0 Å². The maximum atomic E-state index is 10.5. The average Bonchev–Trinajstić information content (AvgIpc) is 2.45. The molecule has 2 aliphatic rings. The van der Waals surface area contributed by atoms with Crippen molar-refractivity contribution in [2.75, 3.05) is 6.61 Å². The Labute approximate surface area is 133 Å². The van der Waals surface area contributed by atoms with Gasteiger partial charge >= 0.3 is 0 Å². The van der Waals surface area contributed by atoms with Crippen molar-refractivity contribution in [2.24, 2.45) is 11.3 Å². The third kappa shape index (κ3) is 2.20. The van der Waals surface area contributed by atoms with Crippen molar-refractivity contribution in [3.63, 3.8) is 0 Å². The van der Waals surface area contributed by atoms with Gasteiger partial charge in [-0.25, -0.2) is 0 Å². The molecule has 2 nitrogen and oxygen atoms in total. The average molecular weight is 300 g/mol. The lowest BCUT2D eigenvalue weighted by Gasteiger charge is -2.52. The molecule has 0 spiro atoms. The summed E-state index contributed by atoms with van der Waals surface area (Å²) < 4.78 is 0. The zero-order valence-electron chi connectivity index (χ0n) is 14.2. The second kappa shape index (κ2) is 5.13. The lowest BCUT2D eigenvalue weighted by atomic mass is 9.52. The largest absolute Gasteiger partial charge is 0.508 e. The van der Waals surface area contributed by atoms with Crippen LogP contribution in [0.1, 0.15) is 69.6 Å². The molecule has 1 aromatic carbocycles. The van der Waals surface area contributed by atoms with Gasteiger partial charge in [-0.3, -0.25) is 0 Å². The normalized spacial score (nSPS) is 30.5. The van der Waals surface area contributed by atoms with E-state index in [1.165, 1.54) is 30.4 Å². The highest BCUT2D eigenvalue weighted by atomic mass is 16.3. The minimum Gasteiger partial charge on any atom is -0.508 e. The van der Waals surface area contributed by atoms with Gasteiger partial charge in [0.25, 0.3) is 0 Å². The number of aromatic hydroxyl groups is 1. The summed E-state index contributed by atoms with van der Waals surface area (Å²) in [6.07, 6.45) is 8.28. The first kappa shape index (κ1) is 15.6. The number of hydrogen-bond acceptors (Lipinski definition) is 2.